The summed E-state index contributed by atoms with van der Waals surface area (Å²) in [5, 5.41) is 2.58. The van der Waals surface area contributed by atoms with E-state index in [0.29, 0.717) is 18.9 Å². The molecule has 0 aliphatic heterocycles. The number of rotatable bonds is 4. The van der Waals surface area contributed by atoms with Crippen molar-refractivity contribution in [3.8, 4) is 0 Å². The van der Waals surface area contributed by atoms with Gasteiger partial charge >= 0.3 is 0 Å². The van der Waals surface area contributed by atoms with Crippen molar-refractivity contribution in [1.82, 2.24) is 0 Å². The largest absolute Gasteiger partial charge is 0.330 e. The molecule has 1 unspecified atom stereocenters. The highest BCUT2D eigenvalue weighted by Crippen LogP contribution is 2.16. The minimum atomic E-state index is 0.366. The second-order valence-corrected chi connectivity index (χ2v) is 3.02. The van der Waals surface area contributed by atoms with E-state index in [1.165, 1.54) is 5.56 Å². The summed E-state index contributed by atoms with van der Waals surface area (Å²) in [6.07, 6.45) is 0.668. The van der Waals surface area contributed by atoms with Gasteiger partial charge in [-0.3, -0.25) is 4.79 Å². The topological polar surface area (TPSA) is 55.1 Å². The molecule has 0 heterocycles. The van der Waals surface area contributed by atoms with Crippen LogP contribution in [0.15, 0.2) is 24.3 Å². The molecule has 0 bridgehead atoms. The highest BCUT2D eigenvalue weighted by Gasteiger charge is 2.01. The molecule has 0 fully saturated rings. The van der Waals surface area contributed by atoms with Gasteiger partial charge in [0.1, 0.15) is 0 Å². The number of carbonyl (C=O) groups is 1. The third-order valence-electron chi connectivity index (χ3n) is 2.06. The van der Waals surface area contributed by atoms with Crippen LogP contribution in [0.5, 0.6) is 0 Å². The monoisotopic (exact) mass is 178 g/mol. The second kappa shape index (κ2) is 4.62. The van der Waals surface area contributed by atoms with Crippen LogP contribution in [0.4, 0.5) is 5.69 Å². The maximum atomic E-state index is 10.1. The fourth-order valence-electron chi connectivity index (χ4n) is 1.11. The molecule has 0 saturated carbocycles. The van der Waals surface area contributed by atoms with Gasteiger partial charge in [-0.25, -0.2) is 0 Å². The first-order chi connectivity index (χ1) is 6.27. The molecule has 0 radical (unpaired) electrons. The van der Waals surface area contributed by atoms with Gasteiger partial charge in [0.2, 0.25) is 6.41 Å². The van der Waals surface area contributed by atoms with Gasteiger partial charge in [-0.2, -0.15) is 0 Å². The van der Waals surface area contributed by atoms with Crippen LogP contribution >= 0.6 is 0 Å². The van der Waals surface area contributed by atoms with E-state index in [1.54, 1.807) is 0 Å². The zero-order valence-corrected chi connectivity index (χ0v) is 7.66. The van der Waals surface area contributed by atoms with Crippen LogP contribution in [0.25, 0.3) is 0 Å². The van der Waals surface area contributed by atoms with E-state index in [-0.39, 0.29) is 0 Å². The number of amides is 1. The van der Waals surface area contributed by atoms with Crippen molar-refractivity contribution < 1.29 is 4.79 Å². The lowest BCUT2D eigenvalue weighted by molar-refractivity contribution is -0.105. The maximum Gasteiger partial charge on any atom is 0.211 e. The molecule has 3 nitrogen and oxygen atoms in total. The molecule has 0 saturated heterocycles. The first-order valence-corrected chi connectivity index (χ1v) is 4.28. The smallest absolute Gasteiger partial charge is 0.211 e. The van der Waals surface area contributed by atoms with E-state index in [4.69, 9.17) is 5.73 Å². The Labute approximate surface area is 77.9 Å². The summed E-state index contributed by atoms with van der Waals surface area (Å²) in [7, 11) is 0. The SMILES string of the molecule is CC(CN)c1ccc(NC=O)cc1. The summed E-state index contributed by atoms with van der Waals surface area (Å²) in [6.45, 7) is 2.71. The summed E-state index contributed by atoms with van der Waals surface area (Å²) >= 11 is 0. The Balaban J connectivity index is 2.74. The van der Waals surface area contributed by atoms with E-state index in [0.717, 1.165) is 5.69 Å². The van der Waals surface area contributed by atoms with Gasteiger partial charge in [-0.05, 0) is 30.2 Å². The first kappa shape index (κ1) is 9.74. The van der Waals surface area contributed by atoms with Crippen LogP contribution in [0, 0.1) is 0 Å². The molecular formula is C10H14N2O. The Morgan fingerprint density at radius 1 is 1.46 bits per heavy atom. The maximum absolute atomic E-state index is 10.1. The van der Waals surface area contributed by atoms with Crippen LogP contribution in [-0.4, -0.2) is 13.0 Å². The Morgan fingerprint density at radius 3 is 2.54 bits per heavy atom. The number of nitrogens with two attached hydrogens (primary N) is 1. The molecule has 70 valence electrons. The third kappa shape index (κ3) is 2.56. The molecule has 1 rings (SSSR count). The number of anilines is 1. The van der Waals surface area contributed by atoms with Gasteiger partial charge in [0, 0.05) is 5.69 Å². The molecule has 3 N–H and O–H groups in total. The second-order valence-electron chi connectivity index (χ2n) is 3.02. The average Bonchev–Trinajstić information content (AvgIpc) is 2.18. The lowest BCUT2D eigenvalue weighted by Gasteiger charge is -2.08. The van der Waals surface area contributed by atoms with Gasteiger partial charge in [-0.1, -0.05) is 19.1 Å². The molecule has 13 heavy (non-hydrogen) atoms. The standard InChI is InChI=1S/C10H14N2O/c1-8(6-11)9-2-4-10(5-3-9)12-7-13/h2-5,7-8H,6,11H2,1H3,(H,12,13). The van der Waals surface area contributed by atoms with Crippen molar-refractivity contribution >= 4 is 12.1 Å². The number of hydrogen-bond acceptors (Lipinski definition) is 2. The highest BCUT2D eigenvalue weighted by molar-refractivity contribution is 5.71. The van der Waals surface area contributed by atoms with Crippen molar-refractivity contribution in [2.24, 2.45) is 5.73 Å². The Morgan fingerprint density at radius 2 is 2.08 bits per heavy atom. The quantitative estimate of drug-likeness (QED) is 0.683. The van der Waals surface area contributed by atoms with Crippen molar-refractivity contribution in [2.45, 2.75) is 12.8 Å². The zero-order chi connectivity index (χ0) is 9.68. The number of carbonyl (C=O) groups excluding carboxylic acids is 1. The predicted octanol–water partition coefficient (Wildman–Crippen LogP) is 1.32. The fourth-order valence-corrected chi connectivity index (χ4v) is 1.11. The third-order valence-corrected chi connectivity index (χ3v) is 2.06. The molecule has 1 aromatic carbocycles. The van der Waals surface area contributed by atoms with E-state index >= 15 is 0 Å². The molecular weight excluding hydrogens is 164 g/mol. The zero-order valence-electron chi connectivity index (χ0n) is 7.66. The number of nitrogens with one attached hydrogen (secondary N) is 1. The average molecular weight is 178 g/mol. The molecule has 1 aromatic rings. The lowest BCUT2D eigenvalue weighted by atomic mass is 10.0. The number of hydrogen-bond donors (Lipinski definition) is 2. The minimum Gasteiger partial charge on any atom is -0.330 e. The van der Waals surface area contributed by atoms with Crippen LogP contribution in [-0.2, 0) is 4.79 Å². The molecule has 3 heteroatoms. The number of benzene rings is 1. The van der Waals surface area contributed by atoms with E-state index < -0.39 is 0 Å². The van der Waals surface area contributed by atoms with Crippen LogP contribution in [0.3, 0.4) is 0 Å². The van der Waals surface area contributed by atoms with Crippen molar-refractivity contribution in [3.63, 3.8) is 0 Å². The minimum absolute atomic E-state index is 0.366. The molecule has 0 aliphatic rings. The van der Waals surface area contributed by atoms with Gasteiger partial charge in [-0.15, -0.1) is 0 Å². The molecule has 0 aliphatic carbocycles. The summed E-state index contributed by atoms with van der Waals surface area (Å²) in [5.74, 6) is 0.366. The summed E-state index contributed by atoms with van der Waals surface area (Å²) in [4.78, 5) is 10.1. The summed E-state index contributed by atoms with van der Waals surface area (Å²) in [5.41, 5.74) is 7.53. The van der Waals surface area contributed by atoms with Gasteiger partial charge in [0.05, 0.1) is 0 Å². The van der Waals surface area contributed by atoms with E-state index in [2.05, 4.69) is 12.2 Å². The van der Waals surface area contributed by atoms with E-state index in [9.17, 15) is 4.79 Å². The fraction of sp³-hybridized carbons (Fsp3) is 0.300. The normalized spacial score (nSPS) is 12.2. The molecule has 1 amide bonds. The summed E-state index contributed by atoms with van der Waals surface area (Å²) < 4.78 is 0. The lowest BCUT2D eigenvalue weighted by Crippen LogP contribution is -2.08. The van der Waals surface area contributed by atoms with E-state index in [1.807, 2.05) is 24.3 Å². The van der Waals surface area contributed by atoms with Gasteiger partial charge < -0.3 is 11.1 Å². The van der Waals surface area contributed by atoms with Crippen molar-refractivity contribution in [1.29, 1.82) is 0 Å². The first-order valence-electron chi connectivity index (χ1n) is 4.28. The summed E-state index contributed by atoms with van der Waals surface area (Å²) in [6, 6.07) is 7.69. The Kier molecular flexibility index (Phi) is 3.46. The Bertz CT molecular complexity index is 269. The molecule has 1 atom stereocenters. The molecule has 0 spiro atoms. The van der Waals surface area contributed by atoms with Gasteiger partial charge in [0.15, 0.2) is 0 Å². The highest BCUT2D eigenvalue weighted by atomic mass is 16.1. The molecule has 0 aromatic heterocycles. The van der Waals surface area contributed by atoms with Crippen LogP contribution in [0.1, 0.15) is 18.4 Å². The van der Waals surface area contributed by atoms with Crippen molar-refractivity contribution in [2.75, 3.05) is 11.9 Å². The Hall–Kier alpha value is -1.35. The van der Waals surface area contributed by atoms with Crippen LogP contribution < -0.4 is 11.1 Å². The van der Waals surface area contributed by atoms with Gasteiger partial charge in [0.25, 0.3) is 0 Å². The van der Waals surface area contributed by atoms with Crippen LogP contribution in [0.2, 0.25) is 0 Å². The predicted molar refractivity (Wildman–Crippen MR) is 53.6 cm³/mol. The van der Waals surface area contributed by atoms with Crippen molar-refractivity contribution in [3.05, 3.63) is 29.8 Å².